The molecule has 0 amide bonds. The largest absolute Gasteiger partial charge is 0.277 e. The summed E-state index contributed by atoms with van der Waals surface area (Å²) in [6.45, 7) is 8.40. The molecule has 0 aliphatic rings. The van der Waals surface area contributed by atoms with Crippen LogP contribution in [0.4, 0.5) is 0 Å². The summed E-state index contributed by atoms with van der Waals surface area (Å²) in [5, 5.41) is 9.91. The van der Waals surface area contributed by atoms with Crippen LogP contribution in [0.15, 0.2) is 46.4 Å². The molecule has 0 aliphatic heterocycles. The number of hydrogen-bond acceptors (Lipinski definition) is 4. The highest BCUT2D eigenvalue weighted by Gasteiger charge is 2.15. The minimum atomic E-state index is -0.0237. The fourth-order valence-electron chi connectivity index (χ4n) is 2.30. The number of benzene rings is 1. The van der Waals surface area contributed by atoms with Gasteiger partial charge in [-0.15, -0.1) is 10.2 Å². The molecule has 0 aliphatic carbocycles. The summed E-state index contributed by atoms with van der Waals surface area (Å²) in [4.78, 5) is 12.5. The Kier molecular flexibility index (Phi) is 3.55. The van der Waals surface area contributed by atoms with E-state index in [1.165, 1.54) is 0 Å². The summed E-state index contributed by atoms with van der Waals surface area (Å²) in [5.41, 5.74) is 1.89. The Morgan fingerprint density at radius 2 is 2.10 bits per heavy atom. The van der Waals surface area contributed by atoms with E-state index in [2.05, 4.69) is 16.8 Å². The maximum absolute atomic E-state index is 12.5. The fourth-order valence-corrected chi connectivity index (χ4v) is 3.08. The SMILES string of the molecule is C=C(C)CSc1nnc2n(CC)c(=O)c3ccccc3n12. The second-order valence-electron chi connectivity index (χ2n) is 4.93. The van der Waals surface area contributed by atoms with Gasteiger partial charge in [-0.3, -0.25) is 13.8 Å². The van der Waals surface area contributed by atoms with Gasteiger partial charge in [0.05, 0.1) is 10.9 Å². The molecule has 0 N–H and O–H groups in total. The van der Waals surface area contributed by atoms with E-state index >= 15 is 0 Å². The zero-order valence-electron chi connectivity index (χ0n) is 12.0. The van der Waals surface area contributed by atoms with Gasteiger partial charge in [0.15, 0.2) is 5.16 Å². The van der Waals surface area contributed by atoms with Gasteiger partial charge in [0.1, 0.15) is 0 Å². The van der Waals surface area contributed by atoms with E-state index in [1.807, 2.05) is 42.5 Å². The second-order valence-corrected chi connectivity index (χ2v) is 5.87. The van der Waals surface area contributed by atoms with Crippen molar-refractivity contribution in [1.82, 2.24) is 19.2 Å². The predicted molar refractivity (Wildman–Crippen MR) is 86.0 cm³/mol. The summed E-state index contributed by atoms with van der Waals surface area (Å²) >= 11 is 1.58. The normalized spacial score (nSPS) is 11.3. The fraction of sp³-hybridized carbons (Fsp3) is 0.267. The van der Waals surface area contributed by atoms with Crippen molar-refractivity contribution in [3.8, 4) is 0 Å². The number of rotatable bonds is 4. The van der Waals surface area contributed by atoms with Crippen molar-refractivity contribution in [3.05, 3.63) is 46.8 Å². The highest BCUT2D eigenvalue weighted by atomic mass is 32.2. The van der Waals surface area contributed by atoms with Gasteiger partial charge < -0.3 is 0 Å². The van der Waals surface area contributed by atoms with Crippen LogP contribution in [0.1, 0.15) is 13.8 Å². The first-order chi connectivity index (χ1) is 10.1. The maximum Gasteiger partial charge on any atom is 0.262 e. The molecule has 21 heavy (non-hydrogen) atoms. The highest BCUT2D eigenvalue weighted by Crippen LogP contribution is 2.22. The molecule has 0 spiro atoms. The van der Waals surface area contributed by atoms with E-state index < -0.39 is 0 Å². The van der Waals surface area contributed by atoms with Gasteiger partial charge in [0.2, 0.25) is 5.78 Å². The number of aryl methyl sites for hydroxylation is 1. The molecule has 0 saturated heterocycles. The first kappa shape index (κ1) is 13.9. The Labute approximate surface area is 126 Å². The molecule has 3 aromatic rings. The van der Waals surface area contributed by atoms with Crippen molar-refractivity contribution in [1.29, 1.82) is 0 Å². The topological polar surface area (TPSA) is 52.2 Å². The van der Waals surface area contributed by atoms with E-state index in [-0.39, 0.29) is 5.56 Å². The lowest BCUT2D eigenvalue weighted by atomic mass is 10.2. The van der Waals surface area contributed by atoms with Gasteiger partial charge in [-0.2, -0.15) is 0 Å². The summed E-state index contributed by atoms with van der Waals surface area (Å²) < 4.78 is 3.61. The smallest absolute Gasteiger partial charge is 0.262 e. The van der Waals surface area contributed by atoms with Crippen molar-refractivity contribution in [2.24, 2.45) is 0 Å². The van der Waals surface area contributed by atoms with Crippen molar-refractivity contribution in [2.45, 2.75) is 25.5 Å². The molecule has 3 rings (SSSR count). The molecule has 108 valence electrons. The number of thioether (sulfide) groups is 1. The van der Waals surface area contributed by atoms with Crippen LogP contribution in [0.5, 0.6) is 0 Å². The molecule has 2 heterocycles. The molecule has 0 atom stereocenters. The monoisotopic (exact) mass is 300 g/mol. The Bertz CT molecular complexity index is 894. The minimum absolute atomic E-state index is 0.0237. The van der Waals surface area contributed by atoms with Gasteiger partial charge in [-0.1, -0.05) is 36.0 Å². The van der Waals surface area contributed by atoms with Crippen LogP contribution >= 0.6 is 11.8 Å². The Balaban J connectivity index is 2.36. The predicted octanol–water partition coefficient (Wildman–Crippen LogP) is 2.73. The molecular weight excluding hydrogens is 284 g/mol. The standard InChI is InChI=1S/C15H16N4OS/c1-4-18-13(20)11-7-5-6-8-12(11)19-14(18)16-17-15(19)21-9-10(2)3/h5-8H,2,4,9H2,1,3H3. The summed E-state index contributed by atoms with van der Waals surface area (Å²) in [6, 6.07) is 7.57. The summed E-state index contributed by atoms with van der Waals surface area (Å²) in [6.07, 6.45) is 0. The van der Waals surface area contributed by atoms with E-state index in [9.17, 15) is 4.79 Å². The van der Waals surface area contributed by atoms with Crippen LogP contribution in [-0.2, 0) is 6.54 Å². The van der Waals surface area contributed by atoms with E-state index in [0.29, 0.717) is 17.7 Å². The third kappa shape index (κ3) is 2.25. The average Bonchev–Trinajstić information content (AvgIpc) is 2.90. The van der Waals surface area contributed by atoms with Crippen LogP contribution in [0, 0.1) is 0 Å². The molecule has 1 aromatic carbocycles. The lowest BCUT2D eigenvalue weighted by Crippen LogP contribution is -2.22. The van der Waals surface area contributed by atoms with E-state index in [4.69, 9.17) is 0 Å². The lowest BCUT2D eigenvalue weighted by Gasteiger charge is -2.09. The second kappa shape index (κ2) is 5.37. The Morgan fingerprint density at radius 1 is 1.33 bits per heavy atom. The molecular formula is C15H16N4OS. The van der Waals surface area contributed by atoms with Crippen molar-refractivity contribution in [3.63, 3.8) is 0 Å². The first-order valence-corrected chi connectivity index (χ1v) is 7.76. The van der Waals surface area contributed by atoms with E-state index in [0.717, 1.165) is 22.0 Å². The third-order valence-corrected chi connectivity index (χ3v) is 4.40. The molecule has 0 radical (unpaired) electrons. The molecule has 0 saturated carbocycles. The maximum atomic E-state index is 12.5. The van der Waals surface area contributed by atoms with Gasteiger partial charge >= 0.3 is 0 Å². The average molecular weight is 300 g/mol. The van der Waals surface area contributed by atoms with E-state index in [1.54, 1.807) is 16.3 Å². The molecule has 2 aromatic heterocycles. The quantitative estimate of drug-likeness (QED) is 0.549. The zero-order valence-corrected chi connectivity index (χ0v) is 12.9. The summed E-state index contributed by atoms with van der Waals surface area (Å²) in [7, 11) is 0. The Hall–Kier alpha value is -2.08. The van der Waals surface area contributed by atoms with Crippen molar-refractivity contribution < 1.29 is 0 Å². The van der Waals surface area contributed by atoms with Crippen LogP contribution in [0.25, 0.3) is 16.7 Å². The summed E-state index contributed by atoms with van der Waals surface area (Å²) in [5.74, 6) is 1.37. The van der Waals surface area contributed by atoms with Crippen LogP contribution < -0.4 is 5.56 Å². The van der Waals surface area contributed by atoms with Crippen molar-refractivity contribution in [2.75, 3.05) is 5.75 Å². The number of fused-ring (bicyclic) bond motifs is 3. The van der Waals surface area contributed by atoms with Gasteiger partial charge in [-0.05, 0) is 26.0 Å². The lowest BCUT2D eigenvalue weighted by molar-refractivity contribution is 0.733. The molecule has 5 nitrogen and oxygen atoms in total. The van der Waals surface area contributed by atoms with Crippen LogP contribution in [-0.4, -0.2) is 24.9 Å². The first-order valence-electron chi connectivity index (χ1n) is 6.77. The van der Waals surface area contributed by atoms with Crippen LogP contribution in [0.3, 0.4) is 0 Å². The number of para-hydroxylation sites is 1. The highest BCUT2D eigenvalue weighted by molar-refractivity contribution is 7.99. The molecule has 0 fully saturated rings. The van der Waals surface area contributed by atoms with Gasteiger partial charge in [-0.25, -0.2) is 0 Å². The Morgan fingerprint density at radius 3 is 2.81 bits per heavy atom. The van der Waals surface area contributed by atoms with Gasteiger partial charge in [0.25, 0.3) is 5.56 Å². The van der Waals surface area contributed by atoms with Crippen LogP contribution in [0.2, 0.25) is 0 Å². The number of nitrogens with zero attached hydrogens (tertiary/aromatic N) is 4. The third-order valence-electron chi connectivity index (χ3n) is 3.24. The number of hydrogen-bond donors (Lipinski definition) is 0. The van der Waals surface area contributed by atoms with Gasteiger partial charge in [0, 0.05) is 12.3 Å². The minimum Gasteiger partial charge on any atom is -0.277 e. The molecule has 0 bridgehead atoms. The molecule has 6 heteroatoms. The van der Waals surface area contributed by atoms with Crippen molar-refractivity contribution >= 4 is 28.4 Å². The zero-order chi connectivity index (χ0) is 15.0. The number of aromatic nitrogens is 4. The molecule has 0 unspecified atom stereocenters.